The van der Waals surface area contributed by atoms with E-state index in [1.807, 2.05) is 30.5 Å². The van der Waals surface area contributed by atoms with E-state index >= 15 is 0 Å². The molecule has 0 aliphatic rings. The molecule has 47 heavy (non-hydrogen) atoms. The largest absolute Gasteiger partial charge is 0.507 e. The standard InChI is InChI=1S/C43H38N2OS/c1-28(31-16-9-6-10-17-31)36-23-30(22-29-14-7-5-8-15-29)24-37(41(36)46)42-45-40-35(18-13-20-39(40)47-42)32-25-33(38-19-11-12-21-44-38)27-34(26-32)43(2,3)4/h5-21,23-28,46H,22H2,1-4H3. The molecule has 0 saturated carbocycles. The number of benzene rings is 5. The maximum absolute atomic E-state index is 11.9. The summed E-state index contributed by atoms with van der Waals surface area (Å²) in [6.45, 7) is 8.90. The predicted molar refractivity (Wildman–Crippen MR) is 197 cm³/mol. The summed E-state index contributed by atoms with van der Waals surface area (Å²) in [4.78, 5) is 9.94. The third-order valence-electron chi connectivity index (χ3n) is 8.94. The Kier molecular flexibility index (Phi) is 8.21. The first-order chi connectivity index (χ1) is 22.7. The van der Waals surface area contributed by atoms with Crippen LogP contribution in [0.1, 0.15) is 61.4 Å². The molecule has 0 aliphatic carbocycles. The molecule has 0 bridgehead atoms. The van der Waals surface area contributed by atoms with Gasteiger partial charge in [-0.15, -0.1) is 11.3 Å². The molecule has 5 aromatic carbocycles. The number of para-hydroxylation sites is 1. The maximum Gasteiger partial charge on any atom is 0.129 e. The van der Waals surface area contributed by atoms with Crippen molar-refractivity contribution in [1.82, 2.24) is 9.97 Å². The molecular weight excluding hydrogens is 593 g/mol. The smallest absolute Gasteiger partial charge is 0.129 e. The zero-order valence-electron chi connectivity index (χ0n) is 27.2. The van der Waals surface area contributed by atoms with Gasteiger partial charge in [-0.25, -0.2) is 4.98 Å². The van der Waals surface area contributed by atoms with E-state index in [1.165, 1.54) is 16.7 Å². The monoisotopic (exact) mass is 630 g/mol. The van der Waals surface area contributed by atoms with E-state index < -0.39 is 0 Å². The van der Waals surface area contributed by atoms with Crippen molar-refractivity contribution in [3.8, 4) is 38.7 Å². The average molecular weight is 631 g/mol. The number of phenols is 1. The van der Waals surface area contributed by atoms with Crippen molar-refractivity contribution in [1.29, 1.82) is 0 Å². The van der Waals surface area contributed by atoms with Crippen LogP contribution in [0.4, 0.5) is 0 Å². The summed E-state index contributed by atoms with van der Waals surface area (Å²) < 4.78 is 1.09. The quantitative estimate of drug-likeness (QED) is 0.191. The lowest BCUT2D eigenvalue weighted by Crippen LogP contribution is -2.11. The average Bonchev–Trinajstić information content (AvgIpc) is 3.54. The Labute approximate surface area is 281 Å². The lowest BCUT2D eigenvalue weighted by Gasteiger charge is -2.21. The summed E-state index contributed by atoms with van der Waals surface area (Å²) in [5, 5.41) is 12.7. The minimum atomic E-state index is -0.0441. The second-order valence-electron chi connectivity index (χ2n) is 13.3. The Hall–Kier alpha value is -5.06. The van der Waals surface area contributed by atoms with Crippen LogP contribution in [0.2, 0.25) is 0 Å². The molecule has 0 fully saturated rings. The molecular formula is C43H38N2OS. The van der Waals surface area contributed by atoms with Crippen LogP contribution in [0.5, 0.6) is 5.75 Å². The topological polar surface area (TPSA) is 46.0 Å². The van der Waals surface area contributed by atoms with Crippen LogP contribution in [-0.2, 0) is 11.8 Å². The second kappa shape index (κ2) is 12.6. The normalized spacial score (nSPS) is 12.3. The Morgan fingerprint density at radius 3 is 2.15 bits per heavy atom. The van der Waals surface area contributed by atoms with Gasteiger partial charge in [0.05, 0.1) is 21.5 Å². The molecule has 2 heterocycles. The molecule has 1 atom stereocenters. The van der Waals surface area contributed by atoms with E-state index in [1.54, 1.807) is 11.3 Å². The van der Waals surface area contributed by atoms with Crippen molar-refractivity contribution in [3.05, 3.63) is 161 Å². The summed E-state index contributed by atoms with van der Waals surface area (Å²) in [5.74, 6) is 0.312. The van der Waals surface area contributed by atoms with Crippen LogP contribution < -0.4 is 0 Å². The minimum Gasteiger partial charge on any atom is -0.507 e. The Balaban J connectivity index is 1.38. The number of nitrogens with zero attached hydrogens (tertiary/aromatic N) is 2. The van der Waals surface area contributed by atoms with Crippen molar-refractivity contribution >= 4 is 21.6 Å². The number of pyridine rings is 1. The fourth-order valence-corrected chi connectivity index (χ4v) is 7.27. The highest BCUT2D eigenvalue weighted by Crippen LogP contribution is 2.44. The van der Waals surface area contributed by atoms with Gasteiger partial charge in [0.2, 0.25) is 0 Å². The molecule has 232 valence electrons. The van der Waals surface area contributed by atoms with E-state index in [-0.39, 0.29) is 11.3 Å². The maximum atomic E-state index is 11.9. The van der Waals surface area contributed by atoms with Gasteiger partial charge in [-0.3, -0.25) is 4.98 Å². The van der Waals surface area contributed by atoms with Crippen LogP contribution in [0.25, 0.3) is 43.2 Å². The fraction of sp³-hybridized carbons (Fsp3) is 0.163. The number of hydrogen-bond donors (Lipinski definition) is 1. The molecule has 3 nitrogen and oxygen atoms in total. The molecule has 0 saturated heterocycles. The van der Waals surface area contributed by atoms with E-state index in [0.717, 1.165) is 60.7 Å². The lowest BCUT2D eigenvalue weighted by atomic mass is 9.83. The van der Waals surface area contributed by atoms with Gasteiger partial charge in [-0.1, -0.05) is 119 Å². The van der Waals surface area contributed by atoms with Gasteiger partial charge in [-0.05, 0) is 76.1 Å². The van der Waals surface area contributed by atoms with Crippen molar-refractivity contribution < 1.29 is 5.11 Å². The first-order valence-corrected chi connectivity index (χ1v) is 17.0. The van der Waals surface area contributed by atoms with Crippen molar-refractivity contribution in [2.24, 2.45) is 0 Å². The third kappa shape index (κ3) is 6.34. The van der Waals surface area contributed by atoms with E-state index in [0.29, 0.717) is 5.75 Å². The number of thiazole rings is 1. The third-order valence-corrected chi connectivity index (χ3v) is 9.99. The summed E-state index contributed by atoms with van der Waals surface area (Å²) in [7, 11) is 0. The van der Waals surface area contributed by atoms with Crippen LogP contribution in [0.15, 0.2) is 134 Å². The van der Waals surface area contributed by atoms with Crippen LogP contribution in [0.3, 0.4) is 0 Å². The molecule has 7 rings (SSSR count). The molecule has 0 radical (unpaired) electrons. The van der Waals surface area contributed by atoms with E-state index in [2.05, 4.69) is 136 Å². The zero-order valence-corrected chi connectivity index (χ0v) is 28.1. The highest BCUT2D eigenvalue weighted by Gasteiger charge is 2.22. The summed E-state index contributed by atoms with van der Waals surface area (Å²) in [6.07, 6.45) is 2.62. The van der Waals surface area contributed by atoms with Gasteiger partial charge in [0.15, 0.2) is 0 Å². The minimum absolute atomic E-state index is 0.0146. The molecule has 4 heteroatoms. The first kappa shape index (κ1) is 30.6. The van der Waals surface area contributed by atoms with Gasteiger partial charge < -0.3 is 5.11 Å². The number of aromatic hydroxyl groups is 1. The lowest BCUT2D eigenvalue weighted by molar-refractivity contribution is 0.468. The van der Waals surface area contributed by atoms with Gasteiger partial charge in [0, 0.05) is 28.8 Å². The number of fused-ring (bicyclic) bond motifs is 1. The molecule has 0 aliphatic heterocycles. The fourth-order valence-electron chi connectivity index (χ4n) is 6.26. The summed E-state index contributed by atoms with van der Waals surface area (Å²) in [5.41, 5.74) is 11.6. The Morgan fingerprint density at radius 2 is 1.43 bits per heavy atom. The molecule has 0 spiro atoms. The number of hydrogen-bond acceptors (Lipinski definition) is 4. The van der Waals surface area contributed by atoms with Crippen molar-refractivity contribution in [3.63, 3.8) is 0 Å². The number of aromatic nitrogens is 2. The van der Waals surface area contributed by atoms with Gasteiger partial charge in [-0.2, -0.15) is 0 Å². The second-order valence-corrected chi connectivity index (χ2v) is 14.3. The molecule has 2 aromatic heterocycles. The Bertz CT molecular complexity index is 2160. The summed E-state index contributed by atoms with van der Waals surface area (Å²) in [6, 6.07) is 44.4. The SMILES string of the molecule is CC(c1ccccc1)c1cc(Cc2ccccc2)cc(-c2nc3c(-c4cc(-c5ccccn5)cc(C(C)(C)C)c4)cccc3s2)c1O. The van der Waals surface area contributed by atoms with Crippen LogP contribution in [0, 0.1) is 0 Å². The van der Waals surface area contributed by atoms with Crippen LogP contribution >= 0.6 is 11.3 Å². The predicted octanol–water partition coefficient (Wildman–Crippen LogP) is 11.4. The van der Waals surface area contributed by atoms with Crippen LogP contribution in [-0.4, -0.2) is 15.1 Å². The van der Waals surface area contributed by atoms with E-state index in [4.69, 9.17) is 4.98 Å². The highest BCUT2D eigenvalue weighted by molar-refractivity contribution is 7.21. The van der Waals surface area contributed by atoms with Gasteiger partial charge in [0.25, 0.3) is 0 Å². The Morgan fingerprint density at radius 1 is 0.702 bits per heavy atom. The van der Waals surface area contributed by atoms with Gasteiger partial charge >= 0.3 is 0 Å². The first-order valence-electron chi connectivity index (χ1n) is 16.2. The molecule has 7 aromatic rings. The highest BCUT2D eigenvalue weighted by atomic mass is 32.1. The van der Waals surface area contributed by atoms with Crippen molar-refractivity contribution in [2.45, 2.75) is 45.4 Å². The van der Waals surface area contributed by atoms with Crippen molar-refractivity contribution in [2.75, 3.05) is 0 Å². The van der Waals surface area contributed by atoms with Gasteiger partial charge in [0.1, 0.15) is 10.8 Å². The molecule has 1 N–H and O–H groups in total. The molecule has 0 amide bonds. The summed E-state index contributed by atoms with van der Waals surface area (Å²) >= 11 is 1.63. The zero-order chi connectivity index (χ0) is 32.5. The van der Waals surface area contributed by atoms with E-state index in [9.17, 15) is 5.11 Å². The number of rotatable bonds is 7. The number of phenolic OH excluding ortho intramolecular Hbond substituents is 1. The molecule has 1 unspecified atom stereocenters.